The van der Waals surface area contributed by atoms with Crippen molar-refractivity contribution in [1.29, 1.82) is 0 Å². The molecule has 0 fully saturated rings. The highest BCUT2D eigenvalue weighted by Gasteiger charge is 2.11. The molecule has 2 aromatic heterocycles. The number of benzene rings is 1. The van der Waals surface area contributed by atoms with Crippen LogP contribution in [0.4, 0.5) is 0 Å². The maximum atomic E-state index is 12.0. The number of carbonyl (C=O) groups excluding carboxylic acids is 1. The van der Waals surface area contributed by atoms with Gasteiger partial charge in [-0.25, -0.2) is 9.50 Å². The summed E-state index contributed by atoms with van der Waals surface area (Å²) in [5.74, 6) is 0.986. The summed E-state index contributed by atoms with van der Waals surface area (Å²) in [6, 6.07) is 12.1. The van der Waals surface area contributed by atoms with Crippen LogP contribution in [0.15, 0.2) is 53.8 Å². The highest BCUT2D eigenvalue weighted by atomic mass is 32.2. The van der Waals surface area contributed by atoms with Crippen LogP contribution in [0.25, 0.3) is 16.8 Å². The lowest BCUT2D eigenvalue weighted by atomic mass is 10.1. The van der Waals surface area contributed by atoms with Crippen LogP contribution < -0.4 is 5.32 Å². The lowest BCUT2D eigenvalue weighted by Crippen LogP contribution is -2.26. The van der Waals surface area contributed by atoms with E-state index in [9.17, 15) is 4.79 Å². The molecule has 1 amide bonds. The molecular formula is C19H22N4OS. The quantitative estimate of drug-likeness (QED) is 0.658. The normalized spacial score (nSPS) is 11.2. The molecule has 5 nitrogen and oxygen atoms in total. The van der Waals surface area contributed by atoms with E-state index in [4.69, 9.17) is 0 Å². The lowest BCUT2D eigenvalue weighted by molar-refractivity contribution is -0.118. The van der Waals surface area contributed by atoms with Gasteiger partial charge < -0.3 is 5.32 Å². The van der Waals surface area contributed by atoms with E-state index in [1.807, 2.05) is 47.1 Å². The zero-order chi connectivity index (χ0) is 17.6. The third-order valence-electron chi connectivity index (χ3n) is 3.81. The largest absolute Gasteiger partial charge is 0.355 e. The van der Waals surface area contributed by atoms with Crippen LogP contribution in [0.5, 0.6) is 0 Å². The number of nitrogens with one attached hydrogen (secondary N) is 1. The first-order valence-electron chi connectivity index (χ1n) is 8.43. The molecule has 1 aromatic carbocycles. The van der Waals surface area contributed by atoms with Crippen molar-refractivity contribution >= 4 is 23.2 Å². The third-order valence-corrected chi connectivity index (χ3v) is 4.80. The van der Waals surface area contributed by atoms with Gasteiger partial charge in [-0.2, -0.15) is 5.10 Å². The second kappa shape index (κ2) is 8.16. The van der Waals surface area contributed by atoms with E-state index in [-0.39, 0.29) is 5.91 Å². The summed E-state index contributed by atoms with van der Waals surface area (Å²) in [5.41, 5.74) is 2.88. The first kappa shape index (κ1) is 17.5. The summed E-state index contributed by atoms with van der Waals surface area (Å²) >= 11 is 1.44. The number of fused-ring (bicyclic) bond motifs is 1. The van der Waals surface area contributed by atoms with E-state index in [1.54, 1.807) is 6.20 Å². The molecule has 0 saturated carbocycles. The Labute approximate surface area is 151 Å². The fourth-order valence-electron chi connectivity index (χ4n) is 2.44. The molecule has 0 bridgehead atoms. The molecule has 1 N–H and O–H groups in total. The van der Waals surface area contributed by atoms with Crippen LogP contribution in [0.1, 0.15) is 20.3 Å². The Hall–Kier alpha value is -2.34. The highest BCUT2D eigenvalue weighted by molar-refractivity contribution is 8.00. The Kier molecular flexibility index (Phi) is 5.71. The van der Waals surface area contributed by atoms with Crippen LogP contribution in [0, 0.1) is 5.92 Å². The van der Waals surface area contributed by atoms with Gasteiger partial charge in [0, 0.05) is 24.5 Å². The Morgan fingerprint density at radius 3 is 2.84 bits per heavy atom. The van der Waals surface area contributed by atoms with Gasteiger partial charge in [0.05, 0.1) is 17.0 Å². The van der Waals surface area contributed by atoms with Crippen LogP contribution >= 0.6 is 11.8 Å². The number of hydrogen-bond acceptors (Lipinski definition) is 4. The summed E-state index contributed by atoms with van der Waals surface area (Å²) in [6.07, 6.45) is 4.54. The number of amides is 1. The third kappa shape index (κ3) is 4.60. The van der Waals surface area contributed by atoms with Crippen molar-refractivity contribution in [1.82, 2.24) is 19.9 Å². The summed E-state index contributed by atoms with van der Waals surface area (Å²) in [7, 11) is 0. The van der Waals surface area contributed by atoms with Gasteiger partial charge >= 0.3 is 0 Å². The van der Waals surface area contributed by atoms with Crippen LogP contribution in [-0.2, 0) is 4.79 Å². The average Bonchev–Trinajstić information content (AvgIpc) is 3.05. The Morgan fingerprint density at radius 2 is 2.08 bits per heavy atom. The molecule has 6 heteroatoms. The van der Waals surface area contributed by atoms with Gasteiger partial charge in [-0.05, 0) is 18.4 Å². The van der Waals surface area contributed by atoms with E-state index in [1.165, 1.54) is 11.8 Å². The average molecular weight is 354 g/mol. The zero-order valence-corrected chi connectivity index (χ0v) is 15.3. The first-order valence-corrected chi connectivity index (χ1v) is 9.41. The predicted molar refractivity (Wildman–Crippen MR) is 102 cm³/mol. The predicted octanol–water partition coefficient (Wildman–Crippen LogP) is 3.65. The minimum absolute atomic E-state index is 0.0391. The molecule has 0 saturated heterocycles. The molecule has 0 aliphatic carbocycles. The number of hydrogen-bond donors (Lipinski definition) is 1. The molecule has 0 aliphatic rings. The van der Waals surface area contributed by atoms with Crippen molar-refractivity contribution in [3.8, 4) is 11.3 Å². The molecule has 0 aliphatic heterocycles. The van der Waals surface area contributed by atoms with Gasteiger partial charge in [0.25, 0.3) is 0 Å². The lowest BCUT2D eigenvalue weighted by Gasteiger charge is -2.07. The number of carbonyl (C=O) groups is 1. The van der Waals surface area contributed by atoms with Crippen LogP contribution in [0.2, 0.25) is 0 Å². The second-order valence-electron chi connectivity index (χ2n) is 6.28. The Morgan fingerprint density at radius 1 is 1.28 bits per heavy atom. The van der Waals surface area contributed by atoms with Crippen LogP contribution in [-0.4, -0.2) is 32.8 Å². The highest BCUT2D eigenvalue weighted by Crippen LogP contribution is 2.25. The van der Waals surface area contributed by atoms with Crippen molar-refractivity contribution < 1.29 is 4.79 Å². The van der Waals surface area contributed by atoms with Gasteiger partial charge in [0.1, 0.15) is 5.03 Å². The second-order valence-corrected chi connectivity index (χ2v) is 7.24. The van der Waals surface area contributed by atoms with E-state index in [0.29, 0.717) is 11.7 Å². The topological polar surface area (TPSA) is 59.3 Å². The minimum atomic E-state index is 0.0391. The molecule has 25 heavy (non-hydrogen) atoms. The molecule has 3 aromatic rings. The van der Waals surface area contributed by atoms with Gasteiger partial charge in [0.15, 0.2) is 0 Å². The summed E-state index contributed by atoms with van der Waals surface area (Å²) in [6.45, 7) is 5.02. The van der Waals surface area contributed by atoms with Gasteiger partial charge in [-0.1, -0.05) is 55.9 Å². The maximum Gasteiger partial charge on any atom is 0.230 e. The summed E-state index contributed by atoms with van der Waals surface area (Å²) in [5, 5.41) is 8.37. The standard InChI is InChI=1S/C19H22N4OS/c1-14(2)8-9-20-18(24)13-25-19-17-12-16(15-6-4-3-5-7-15)22-23(17)11-10-21-19/h3-7,10-12,14H,8-9,13H2,1-2H3,(H,20,24). The molecule has 0 radical (unpaired) electrons. The van der Waals surface area contributed by atoms with E-state index in [2.05, 4.69) is 29.2 Å². The van der Waals surface area contributed by atoms with Crippen molar-refractivity contribution in [3.63, 3.8) is 0 Å². The zero-order valence-electron chi connectivity index (χ0n) is 14.5. The number of aromatic nitrogens is 3. The van der Waals surface area contributed by atoms with Crippen molar-refractivity contribution in [2.75, 3.05) is 12.3 Å². The molecule has 3 rings (SSSR count). The van der Waals surface area contributed by atoms with E-state index >= 15 is 0 Å². The fraction of sp³-hybridized carbons (Fsp3) is 0.316. The van der Waals surface area contributed by atoms with Crippen LogP contribution in [0.3, 0.4) is 0 Å². The smallest absolute Gasteiger partial charge is 0.230 e. The molecule has 0 unspecified atom stereocenters. The minimum Gasteiger partial charge on any atom is -0.355 e. The molecular weight excluding hydrogens is 332 g/mol. The molecule has 0 spiro atoms. The van der Waals surface area contributed by atoms with Gasteiger partial charge in [0.2, 0.25) is 5.91 Å². The Bertz CT molecular complexity index is 845. The monoisotopic (exact) mass is 354 g/mol. The number of nitrogens with zero attached hydrogens (tertiary/aromatic N) is 3. The summed E-state index contributed by atoms with van der Waals surface area (Å²) < 4.78 is 1.81. The Balaban J connectivity index is 1.70. The van der Waals surface area contributed by atoms with E-state index in [0.717, 1.165) is 34.8 Å². The van der Waals surface area contributed by atoms with Crippen molar-refractivity contribution in [3.05, 3.63) is 48.8 Å². The number of rotatable bonds is 7. The molecule has 130 valence electrons. The van der Waals surface area contributed by atoms with Crippen molar-refractivity contribution in [2.45, 2.75) is 25.3 Å². The number of thioether (sulfide) groups is 1. The van der Waals surface area contributed by atoms with Crippen molar-refractivity contribution in [2.24, 2.45) is 5.92 Å². The SMILES string of the molecule is CC(C)CCNC(=O)CSc1nccn2nc(-c3ccccc3)cc12. The summed E-state index contributed by atoms with van der Waals surface area (Å²) in [4.78, 5) is 16.4. The molecule has 2 heterocycles. The maximum absolute atomic E-state index is 12.0. The fourth-order valence-corrected chi connectivity index (χ4v) is 3.25. The van der Waals surface area contributed by atoms with Gasteiger partial charge in [-0.15, -0.1) is 0 Å². The van der Waals surface area contributed by atoms with E-state index < -0.39 is 0 Å². The van der Waals surface area contributed by atoms with Gasteiger partial charge in [-0.3, -0.25) is 4.79 Å². The first-order chi connectivity index (χ1) is 12.1. The molecule has 0 atom stereocenters.